The van der Waals surface area contributed by atoms with E-state index in [9.17, 15) is 9.59 Å². The fourth-order valence-corrected chi connectivity index (χ4v) is 2.19. The van der Waals surface area contributed by atoms with Crippen LogP contribution in [0.1, 0.15) is 44.2 Å². The maximum Gasteiger partial charge on any atom is 0.223 e. The van der Waals surface area contributed by atoms with Crippen molar-refractivity contribution in [3.8, 4) is 0 Å². The molecule has 2 rings (SSSR count). The molecule has 1 unspecified atom stereocenters. The van der Waals surface area contributed by atoms with Crippen LogP contribution in [0.25, 0.3) is 0 Å². The molecular formula is C15H19NO2. The molecule has 1 aromatic carbocycles. The topological polar surface area (TPSA) is 46.2 Å². The number of Topliss-reactive ketones (excluding diaryl/α,β-unsaturated/α-hetero) is 1. The second kappa shape index (κ2) is 5.80. The van der Waals surface area contributed by atoms with Crippen LogP contribution >= 0.6 is 0 Å². The molecular weight excluding hydrogens is 226 g/mol. The molecule has 96 valence electrons. The maximum atomic E-state index is 12.0. The molecule has 1 aromatic rings. The van der Waals surface area contributed by atoms with E-state index < -0.39 is 0 Å². The summed E-state index contributed by atoms with van der Waals surface area (Å²) >= 11 is 0. The summed E-state index contributed by atoms with van der Waals surface area (Å²) in [4.78, 5) is 23.3. The van der Waals surface area contributed by atoms with Crippen molar-refractivity contribution < 1.29 is 9.59 Å². The molecule has 1 atom stereocenters. The molecule has 1 saturated carbocycles. The molecule has 18 heavy (non-hydrogen) atoms. The summed E-state index contributed by atoms with van der Waals surface area (Å²) in [7, 11) is 0. The van der Waals surface area contributed by atoms with Crippen molar-refractivity contribution in [2.75, 3.05) is 0 Å². The van der Waals surface area contributed by atoms with Gasteiger partial charge in [-0.05, 0) is 25.3 Å². The largest absolute Gasteiger partial charge is 0.349 e. The van der Waals surface area contributed by atoms with Gasteiger partial charge in [-0.2, -0.15) is 0 Å². The zero-order valence-corrected chi connectivity index (χ0v) is 10.7. The molecule has 1 N–H and O–H groups in total. The molecule has 1 amide bonds. The Hall–Kier alpha value is -1.64. The zero-order valence-electron chi connectivity index (χ0n) is 10.7. The summed E-state index contributed by atoms with van der Waals surface area (Å²) in [6.07, 6.45) is 3.46. The Morgan fingerprint density at radius 1 is 1.28 bits per heavy atom. The summed E-state index contributed by atoms with van der Waals surface area (Å²) < 4.78 is 0. The second-order valence-electron chi connectivity index (χ2n) is 5.01. The van der Waals surface area contributed by atoms with Gasteiger partial charge in [0.2, 0.25) is 5.91 Å². The van der Waals surface area contributed by atoms with Gasteiger partial charge in [0.05, 0.1) is 6.04 Å². The number of amides is 1. The van der Waals surface area contributed by atoms with Gasteiger partial charge in [-0.3, -0.25) is 9.59 Å². The van der Waals surface area contributed by atoms with Crippen LogP contribution in [-0.2, 0) is 9.59 Å². The quantitative estimate of drug-likeness (QED) is 0.866. The van der Waals surface area contributed by atoms with Gasteiger partial charge >= 0.3 is 0 Å². The minimum absolute atomic E-state index is 0.0938. The Labute approximate surface area is 108 Å². The molecule has 0 bridgehead atoms. The lowest BCUT2D eigenvalue weighted by Crippen LogP contribution is -2.37. The van der Waals surface area contributed by atoms with Crippen LogP contribution in [0.5, 0.6) is 0 Å². The third kappa shape index (κ3) is 3.19. The standard InChI is InChI=1S/C15H19NO2/c1-11(17)10-14(12-6-3-2-4-7-12)16-15(18)13-8-5-9-13/h2-4,6-7,13-14H,5,8-10H2,1H3,(H,16,18). The van der Waals surface area contributed by atoms with Crippen molar-refractivity contribution in [1.82, 2.24) is 5.32 Å². The van der Waals surface area contributed by atoms with Gasteiger partial charge in [-0.25, -0.2) is 0 Å². The Bertz CT molecular complexity index is 423. The van der Waals surface area contributed by atoms with Crippen LogP contribution in [0.15, 0.2) is 30.3 Å². The smallest absolute Gasteiger partial charge is 0.223 e. The third-order valence-electron chi connectivity index (χ3n) is 3.49. The van der Waals surface area contributed by atoms with E-state index in [1.54, 1.807) is 6.92 Å². The molecule has 1 fully saturated rings. The van der Waals surface area contributed by atoms with Crippen molar-refractivity contribution in [2.24, 2.45) is 5.92 Å². The second-order valence-corrected chi connectivity index (χ2v) is 5.01. The van der Waals surface area contributed by atoms with E-state index >= 15 is 0 Å². The Morgan fingerprint density at radius 3 is 2.44 bits per heavy atom. The highest BCUT2D eigenvalue weighted by molar-refractivity contribution is 5.81. The SMILES string of the molecule is CC(=O)CC(NC(=O)C1CCC1)c1ccccc1. The van der Waals surface area contributed by atoms with Crippen LogP contribution in [-0.4, -0.2) is 11.7 Å². The highest BCUT2D eigenvalue weighted by Gasteiger charge is 2.27. The van der Waals surface area contributed by atoms with Gasteiger partial charge in [-0.15, -0.1) is 0 Å². The highest BCUT2D eigenvalue weighted by atomic mass is 16.2. The summed E-state index contributed by atoms with van der Waals surface area (Å²) in [6, 6.07) is 9.51. The molecule has 0 aliphatic heterocycles. The summed E-state index contributed by atoms with van der Waals surface area (Å²) in [5, 5.41) is 3.01. The lowest BCUT2D eigenvalue weighted by molar-refractivity contribution is -0.128. The fourth-order valence-electron chi connectivity index (χ4n) is 2.19. The van der Waals surface area contributed by atoms with E-state index in [2.05, 4.69) is 5.32 Å². The van der Waals surface area contributed by atoms with E-state index in [4.69, 9.17) is 0 Å². The number of hydrogen-bond donors (Lipinski definition) is 1. The van der Waals surface area contributed by atoms with E-state index in [0.717, 1.165) is 24.8 Å². The highest BCUT2D eigenvalue weighted by Crippen LogP contribution is 2.27. The van der Waals surface area contributed by atoms with Crippen LogP contribution < -0.4 is 5.32 Å². The maximum absolute atomic E-state index is 12.0. The van der Waals surface area contributed by atoms with Gasteiger partial charge in [-0.1, -0.05) is 36.8 Å². The van der Waals surface area contributed by atoms with Gasteiger partial charge in [0.15, 0.2) is 0 Å². The summed E-state index contributed by atoms with van der Waals surface area (Å²) in [6.45, 7) is 1.56. The van der Waals surface area contributed by atoms with E-state index in [1.807, 2.05) is 30.3 Å². The monoisotopic (exact) mass is 245 g/mol. The lowest BCUT2D eigenvalue weighted by atomic mass is 9.84. The number of carbonyl (C=O) groups is 2. The van der Waals surface area contributed by atoms with Gasteiger partial charge in [0.25, 0.3) is 0 Å². The average molecular weight is 245 g/mol. The van der Waals surface area contributed by atoms with Crippen LogP contribution in [0.2, 0.25) is 0 Å². The van der Waals surface area contributed by atoms with Crippen LogP contribution in [0, 0.1) is 5.92 Å². The Balaban J connectivity index is 2.05. The fraction of sp³-hybridized carbons (Fsp3) is 0.467. The van der Waals surface area contributed by atoms with Gasteiger partial charge < -0.3 is 5.32 Å². The minimum Gasteiger partial charge on any atom is -0.349 e. The molecule has 3 heteroatoms. The van der Waals surface area contributed by atoms with E-state index in [1.165, 1.54) is 0 Å². The molecule has 0 aromatic heterocycles. The molecule has 1 aliphatic rings. The Kier molecular flexibility index (Phi) is 4.13. The summed E-state index contributed by atoms with van der Waals surface area (Å²) in [5.74, 6) is 0.345. The van der Waals surface area contributed by atoms with Crippen molar-refractivity contribution in [1.29, 1.82) is 0 Å². The van der Waals surface area contributed by atoms with E-state index in [-0.39, 0.29) is 23.7 Å². The van der Waals surface area contributed by atoms with Crippen molar-refractivity contribution in [2.45, 2.75) is 38.6 Å². The first-order valence-electron chi connectivity index (χ1n) is 6.51. The molecule has 3 nitrogen and oxygen atoms in total. The normalized spacial score (nSPS) is 16.7. The lowest BCUT2D eigenvalue weighted by Gasteiger charge is -2.27. The molecule has 0 spiro atoms. The molecule has 0 heterocycles. The zero-order chi connectivity index (χ0) is 13.0. The third-order valence-corrected chi connectivity index (χ3v) is 3.49. The number of hydrogen-bond acceptors (Lipinski definition) is 2. The van der Waals surface area contributed by atoms with Gasteiger partial charge in [0, 0.05) is 12.3 Å². The first-order chi connectivity index (χ1) is 8.66. The van der Waals surface area contributed by atoms with Crippen molar-refractivity contribution in [3.05, 3.63) is 35.9 Å². The predicted octanol–water partition coefficient (Wildman–Crippen LogP) is 2.62. The van der Waals surface area contributed by atoms with E-state index in [0.29, 0.717) is 6.42 Å². The first kappa shape index (κ1) is 12.8. The number of benzene rings is 1. The van der Waals surface area contributed by atoms with Crippen molar-refractivity contribution in [3.63, 3.8) is 0 Å². The number of ketones is 1. The van der Waals surface area contributed by atoms with Gasteiger partial charge in [0.1, 0.15) is 5.78 Å². The molecule has 0 radical (unpaired) electrons. The van der Waals surface area contributed by atoms with Crippen LogP contribution in [0.3, 0.4) is 0 Å². The number of carbonyl (C=O) groups excluding carboxylic acids is 2. The first-order valence-corrected chi connectivity index (χ1v) is 6.51. The average Bonchev–Trinajstić information content (AvgIpc) is 2.26. The molecule has 0 saturated heterocycles. The minimum atomic E-state index is -0.184. The summed E-state index contributed by atoms with van der Waals surface area (Å²) in [5.41, 5.74) is 1.00. The Morgan fingerprint density at radius 2 is 1.94 bits per heavy atom. The number of rotatable bonds is 5. The van der Waals surface area contributed by atoms with Crippen molar-refractivity contribution >= 4 is 11.7 Å². The predicted molar refractivity (Wildman–Crippen MR) is 70.0 cm³/mol. The van der Waals surface area contributed by atoms with Crippen LogP contribution in [0.4, 0.5) is 0 Å². The molecule has 1 aliphatic carbocycles. The number of nitrogens with one attached hydrogen (secondary N) is 1.